The van der Waals surface area contributed by atoms with Crippen molar-refractivity contribution in [3.8, 4) is 11.3 Å². The number of carbonyl (C=O) groups excluding carboxylic acids is 2. The number of aromatic nitrogens is 2. The number of nitrogens with zero attached hydrogens (tertiary/aromatic N) is 3. The van der Waals surface area contributed by atoms with Gasteiger partial charge in [-0.25, -0.2) is 14.4 Å². The highest BCUT2D eigenvalue weighted by molar-refractivity contribution is 7.99. The smallest absolute Gasteiger partial charge is 0.244 e. The molecule has 0 bridgehead atoms. The van der Waals surface area contributed by atoms with Gasteiger partial charge in [0.25, 0.3) is 0 Å². The highest BCUT2D eigenvalue weighted by Gasteiger charge is 2.26. The van der Waals surface area contributed by atoms with E-state index in [0.717, 1.165) is 5.56 Å². The van der Waals surface area contributed by atoms with Gasteiger partial charge in [-0.3, -0.25) is 9.59 Å². The van der Waals surface area contributed by atoms with Crippen LogP contribution in [0.4, 0.5) is 15.8 Å². The fourth-order valence-corrected chi connectivity index (χ4v) is 3.56. The standard InChI is InChI=1S/C20H15FN4O2S/c21-14-7-5-13(6-8-14)15-9-10-22-20(24-15)28-12-19(27)25-11-18(26)23-16-3-1-2-4-17(16)25/h1-10H,11-12H2,(H,23,26). The van der Waals surface area contributed by atoms with Crippen molar-refractivity contribution in [2.24, 2.45) is 0 Å². The Hall–Kier alpha value is -3.26. The summed E-state index contributed by atoms with van der Waals surface area (Å²) >= 11 is 1.19. The first-order valence-electron chi connectivity index (χ1n) is 8.51. The highest BCUT2D eigenvalue weighted by atomic mass is 32.2. The van der Waals surface area contributed by atoms with Crippen molar-refractivity contribution < 1.29 is 14.0 Å². The third kappa shape index (κ3) is 3.86. The summed E-state index contributed by atoms with van der Waals surface area (Å²) in [5.41, 5.74) is 2.70. The van der Waals surface area contributed by atoms with E-state index >= 15 is 0 Å². The van der Waals surface area contributed by atoms with Crippen LogP contribution in [0, 0.1) is 5.82 Å². The summed E-state index contributed by atoms with van der Waals surface area (Å²) in [7, 11) is 0. The van der Waals surface area contributed by atoms with Crippen LogP contribution >= 0.6 is 11.8 Å². The zero-order chi connectivity index (χ0) is 19.5. The molecule has 6 nitrogen and oxygen atoms in total. The number of thioether (sulfide) groups is 1. The number of rotatable bonds is 4. The third-order valence-corrected chi connectivity index (χ3v) is 5.02. The summed E-state index contributed by atoms with van der Waals surface area (Å²) in [6.07, 6.45) is 1.60. The van der Waals surface area contributed by atoms with Gasteiger partial charge in [0.05, 0.1) is 22.8 Å². The molecule has 0 spiro atoms. The summed E-state index contributed by atoms with van der Waals surface area (Å²) in [4.78, 5) is 34.7. The van der Waals surface area contributed by atoms with Crippen molar-refractivity contribution in [1.82, 2.24) is 9.97 Å². The van der Waals surface area contributed by atoms with E-state index in [0.29, 0.717) is 22.2 Å². The molecule has 1 aromatic heterocycles. The van der Waals surface area contributed by atoms with E-state index in [1.54, 1.807) is 42.6 Å². The lowest BCUT2D eigenvalue weighted by atomic mass is 10.1. The van der Waals surface area contributed by atoms with Crippen molar-refractivity contribution in [3.63, 3.8) is 0 Å². The molecule has 140 valence electrons. The molecule has 0 fully saturated rings. The van der Waals surface area contributed by atoms with Crippen molar-refractivity contribution in [3.05, 3.63) is 66.6 Å². The maximum Gasteiger partial charge on any atom is 0.244 e. The van der Waals surface area contributed by atoms with Crippen LogP contribution in [0.15, 0.2) is 66.0 Å². The molecule has 8 heteroatoms. The van der Waals surface area contributed by atoms with Gasteiger partial charge in [-0.05, 0) is 42.5 Å². The number of halogens is 1. The molecule has 0 saturated carbocycles. The normalized spacial score (nSPS) is 13.0. The topological polar surface area (TPSA) is 75.2 Å². The number of fused-ring (bicyclic) bond motifs is 1. The average molecular weight is 394 g/mol. The predicted octanol–water partition coefficient (Wildman–Crippen LogP) is 3.36. The second-order valence-corrected chi connectivity index (χ2v) is 7.01. The zero-order valence-corrected chi connectivity index (χ0v) is 15.4. The van der Waals surface area contributed by atoms with E-state index in [9.17, 15) is 14.0 Å². The molecule has 1 aliphatic rings. The van der Waals surface area contributed by atoms with Gasteiger partial charge in [0.2, 0.25) is 11.8 Å². The summed E-state index contributed by atoms with van der Waals surface area (Å²) in [5.74, 6) is -0.660. The van der Waals surface area contributed by atoms with Crippen LogP contribution in [0.25, 0.3) is 11.3 Å². The molecular formula is C20H15FN4O2S. The van der Waals surface area contributed by atoms with Crippen molar-refractivity contribution >= 4 is 35.0 Å². The number of nitrogens with one attached hydrogen (secondary N) is 1. The third-order valence-electron chi connectivity index (χ3n) is 4.17. The van der Waals surface area contributed by atoms with Crippen LogP contribution in [-0.2, 0) is 9.59 Å². The Kier molecular flexibility index (Phi) is 5.03. The molecule has 1 N–H and O–H groups in total. The minimum Gasteiger partial charge on any atom is -0.323 e. The van der Waals surface area contributed by atoms with E-state index in [-0.39, 0.29) is 29.9 Å². The van der Waals surface area contributed by atoms with Crippen molar-refractivity contribution in [1.29, 1.82) is 0 Å². The Morgan fingerprint density at radius 1 is 1.14 bits per heavy atom. The van der Waals surface area contributed by atoms with E-state index in [2.05, 4.69) is 15.3 Å². The SMILES string of the molecule is O=C1CN(C(=O)CSc2nccc(-c3ccc(F)cc3)n2)c2ccccc2N1. The lowest BCUT2D eigenvalue weighted by Crippen LogP contribution is -2.43. The van der Waals surface area contributed by atoms with Crippen LogP contribution in [0.3, 0.4) is 0 Å². The van der Waals surface area contributed by atoms with Gasteiger partial charge in [0, 0.05) is 11.8 Å². The molecule has 28 heavy (non-hydrogen) atoms. The first-order chi connectivity index (χ1) is 13.6. The zero-order valence-electron chi connectivity index (χ0n) is 14.6. The van der Waals surface area contributed by atoms with Crippen molar-refractivity contribution in [2.45, 2.75) is 5.16 Å². The van der Waals surface area contributed by atoms with E-state index in [1.165, 1.54) is 28.8 Å². The minimum atomic E-state index is -0.316. The molecule has 2 amide bonds. The largest absolute Gasteiger partial charge is 0.323 e. The van der Waals surface area contributed by atoms with Crippen LogP contribution in [-0.4, -0.2) is 34.1 Å². The molecular weight excluding hydrogens is 379 g/mol. The van der Waals surface area contributed by atoms with E-state index in [4.69, 9.17) is 0 Å². The predicted molar refractivity (Wildman–Crippen MR) is 106 cm³/mol. The highest BCUT2D eigenvalue weighted by Crippen LogP contribution is 2.30. The molecule has 0 atom stereocenters. The van der Waals surface area contributed by atoms with Crippen LogP contribution in [0.2, 0.25) is 0 Å². The number of hydrogen-bond donors (Lipinski definition) is 1. The molecule has 3 aromatic rings. The Morgan fingerprint density at radius 2 is 1.93 bits per heavy atom. The molecule has 2 heterocycles. The fraction of sp³-hybridized carbons (Fsp3) is 0.100. The number of amides is 2. The molecule has 2 aromatic carbocycles. The van der Waals surface area contributed by atoms with Crippen LogP contribution in [0.5, 0.6) is 0 Å². The Bertz CT molecular complexity index is 1040. The van der Waals surface area contributed by atoms with Gasteiger partial charge >= 0.3 is 0 Å². The van der Waals surface area contributed by atoms with Gasteiger partial charge in [0.1, 0.15) is 12.4 Å². The Balaban J connectivity index is 1.48. The molecule has 1 aliphatic heterocycles. The number of carbonyl (C=O) groups is 2. The number of benzene rings is 2. The number of hydrogen-bond acceptors (Lipinski definition) is 5. The maximum absolute atomic E-state index is 13.1. The molecule has 0 unspecified atom stereocenters. The van der Waals surface area contributed by atoms with Gasteiger partial charge in [0.15, 0.2) is 5.16 Å². The fourth-order valence-electron chi connectivity index (χ4n) is 2.85. The molecule has 0 radical (unpaired) electrons. The minimum absolute atomic E-state index is 0.0209. The quantitative estimate of drug-likeness (QED) is 0.543. The number of anilines is 2. The first-order valence-corrected chi connectivity index (χ1v) is 9.50. The van der Waals surface area contributed by atoms with Gasteiger partial charge in [-0.2, -0.15) is 0 Å². The van der Waals surface area contributed by atoms with Gasteiger partial charge < -0.3 is 10.2 Å². The number of para-hydroxylation sites is 2. The first kappa shape index (κ1) is 18.1. The second-order valence-electron chi connectivity index (χ2n) is 6.07. The van der Waals surface area contributed by atoms with E-state index in [1.807, 2.05) is 6.07 Å². The van der Waals surface area contributed by atoms with Crippen LogP contribution in [0.1, 0.15) is 0 Å². The summed E-state index contributed by atoms with van der Waals surface area (Å²) in [6.45, 7) is -0.0209. The molecule has 4 rings (SSSR count). The van der Waals surface area contributed by atoms with Gasteiger partial charge in [-0.1, -0.05) is 23.9 Å². The Morgan fingerprint density at radius 3 is 2.75 bits per heavy atom. The van der Waals surface area contributed by atoms with Crippen molar-refractivity contribution in [2.75, 3.05) is 22.5 Å². The summed E-state index contributed by atoms with van der Waals surface area (Å²) in [6, 6.07) is 14.9. The summed E-state index contributed by atoms with van der Waals surface area (Å²) in [5, 5.41) is 3.19. The monoisotopic (exact) mass is 394 g/mol. The van der Waals surface area contributed by atoms with Crippen LogP contribution < -0.4 is 10.2 Å². The lowest BCUT2D eigenvalue weighted by Gasteiger charge is -2.28. The second kappa shape index (κ2) is 7.77. The lowest BCUT2D eigenvalue weighted by molar-refractivity contribution is -0.120. The molecule has 0 saturated heterocycles. The van der Waals surface area contributed by atoms with E-state index < -0.39 is 0 Å². The molecule has 0 aliphatic carbocycles. The summed E-state index contributed by atoms with van der Waals surface area (Å²) < 4.78 is 13.1. The Labute approximate surface area is 164 Å². The van der Waals surface area contributed by atoms with Gasteiger partial charge in [-0.15, -0.1) is 0 Å². The maximum atomic E-state index is 13.1. The average Bonchev–Trinajstić information content (AvgIpc) is 2.72.